The van der Waals surface area contributed by atoms with Crippen molar-refractivity contribution >= 4 is 0 Å². The zero-order valence-corrected chi connectivity index (χ0v) is 8.57. The number of aryl methyl sites for hydroxylation is 1. The van der Waals surface area contributed by atoms with E-state index in [1.807, 2.05) is 19.1 Å². The molecule has 78 valence electrons. The molecule has 0 bridgehead atoms. The minimum Gasteiger partial charge on any atom is -0.330 e. The van der Waals surface area contributed by atoms with E-state index in [9.17, 15) is 0 Å². The highest BCUT2D eigenvalue weighted by Gasteiger charge is 2.06. The van der Waals surface area contributed by atoms with Crippen molar-refractivity contribution in [3.63, 3.8) is 0 Å². The Hall–Kier alpha value is -1.75. The predicted molar refractivity (Wildman–Crippen MR) is 57.1 cm³/mol. The first-order chi connectivity index (χ1) is 7.29. The Kier molecular flexibility index (Phi) is 2.73. The van der Waals surface area contributed by atoms with E-state index >= 15 is 0 Å². The second-order valence-corrected chi connectivity index (χ2v) is 3.36. The van der Waals surface area contributed by atoms with Gasteiger partial charge in [0.25, 0.3) is 0 Å². The van der Waals surface area contributed by atoms with E-state index < -0.39 is 0 Å². The summed E-state index contributed by atoms with van der Waals surface area (Å²) in [6.07, 6.45) is 2.46. The first kappa shape index (κ1) is 9.79. The molecule has 2 heterocycles. The van der Waals surface area contributed by atoms with Crippen LogP contribution in [0.5, 0.6) is 0 Å². The van der Waals surface area contributed by atoms with E-state index in [0.717, 1.165) is 17.1 Å². The fraction of sp³-hybridized carbons (Fsp3) is 0.300. The molecular weight excluding hydrogens is 190 g/mol. The van der Waals surface area contributed by atoms with E-state index in [-0.39, 0.29) is 0 Å². The van der Waals surface area contributed by atoms with Crippen molar-refractivity contribution in [3.05, 3.63) is 29.7 Å². The number of aromatic amines is 1. The quantitative estimate of drug-likeness (QED) is 0.768. The molecule has 5 nitrogen and oxygen atoms in total. The summed E-state index contributed by atoms with van der Waals surface area (Å²) in [5.74, 6) is 1.43. The second-order valence-electron chi connectivity index (χ2n) is 3.36. The normalized spacial score (nSPS) is 10.5. The van der Waals surface area contributed by atoms with Crippen LogP contribution in [0.25, 0.3) is 11.5 Å². The van der Waals surface area contributed by atoms with Gasteiger partial charge in [-0.2, -0.15) is 5.10 Å². The van der Waals surface area contributed by atoms with Gasteiger partial charge in [0.2, 0.25) is 0 Å². The van der Waals surface area contributed by atoms with Gasteiger partial charge in [-0.3, -0.25) is 10.1 Å². The van der Waals surface area contributed by atoms with Gasteiger partial charge >= 0.3 is 0 Å². The minimum atomic E-state index is 0.565. The van der Waals surface area contributed by atoms with Gasteiger partial charge in [0.1, 0.15) is 11.5 Å². The summed E-state index contributed by atoms with van der Waals surface area (Å²) in [6.45, 7) is 2.58. The van der Waals surface area contributed by atoms with E-state index in [0.29, 0.717) is 18.8 Å². The van der Waals surface area contributed by atoms with Gasteiger partial charge in [0, 0.05) is 12.6 Å². The van der Waals surface area contributed by atoms with Crippen LogP contribution in [0.15, 0.2) is 18.3 Å². The molecule has 15 heavy (non-hydrogen) atoms. The Morgan fingerprint density at radius 3 is 3.07 bits per heavy atom. The van der Waals surface area contributed by atoms with Crippen LogP contribution >= 0.6 is 0 Å². The Labute approximate surface area is 87.8 Å². The fourth-order valence-corrected chi connectivity index (χ4v) is 1.32. The number of pyridine rings is 1. The van der Waals surface area contributed by atoms with E-state index in [4.69, 9.17) is 5.73 Å². The van der Waals surface area contributed by atoms with Crippen molar-refractivity contribution < 1.29 is 0 Å². The lowest BCUT2D eigenvalue weighted by Crippen LogP contribution is -2.03. The van der Waals surface area contributed by atoms with E-state index in [1.54, 1.807) is 6.20 Å². The number of rotatable bonds is 3. The summed E-state index contributed by atoms with van der Waals surface area (Å²) in [5.41, 5.74) is 7.36. The molecule has 0 saturated carbocycles. The van der Waals surface area contributed by atoms with Crippen LogP contribution in [0.2, 0.25) is 0 Å². The monoisotopic (exact) mass is 203 g/mol. The van der Waals surface area contributed by atoms with Crippen molar-refractivity contribution in [2.24, 2.45) is 5.73 Å². The average Bonchev–Trinajstić information content (AvgIpc) is 2.67. The third kappa shape index (κ3) is 2.19. The maximum Gasteiger partial charge on any atom is 0.199 e. The van der Waals surface area contributed by atoms with Crippen LogP contribution < -0.4 is 5.73 Å². The first-order valence-electron chi connectivity index (χ1n) is 4.84. The van der Waals surface area contributed by atoms with Crippen LogP contribution in [0.1, 0.15) is 11.4 Å². The zero-order valence-electron chi connectivity index (χ0n) is 8.57. The molecule has 2 aromatic rings. The van der Waals surface area contributed by atoms with Crippen molar-refractivity contribution in [2.75, 3.05) is 6.54 Å². The molecule has 0 radical (unpaired) electrons. The van der Waals surface area contributed by atoms with Crippen LogP contribution in [-0.2, 0) is 6.42 Å². The number of aromatic nitrogens is 4. The number of nitrogens with two attached hydrogens (primary N) is 1. The van der Waals surface area contributed by atoms with Crippen molar-refractivity contribution in [3.8, 4) is 11.5 Å². The predicted octanol–water partition coefficient (Wildman–Crippen LogP) is 0.676. The third-order valence-electron chi connectivity index (χ3n) is 2.06. The largest absolute Gasteiger partial charge is 0.330 e. The van der Waals surface area contributed by atoms with Crippen LogP contribution in [0.4, 0.5) is 0 Å². The highest BCUT2D eigenvalue weighted by molar-refractivity contribution is 5.49. The molecule has 0 spiro atoms. The topological polar surface area (TPSA) is 80.5 Å². The van der Waals surface area contributed by atoms with Crippen LogP contribution in [0.3, 0.4) is 0 Å². The molecule has 0 saturated heterocycles. The molecule has 0 amide bonds. The van der Waals surface area contributed by atoms with Crippen molar-refractivity contribution in [1.82, 2.24) is 20.2 Å². The molecule has 0 aliphatic heterocycles. The molecule has 2 aromatic heterocycles. The SMILES string of the molecule is Cc1ccnc(-c2n[nH]c(CCN)n2)c1. The Bertz CT molecular complexity index is 449. The number of nitrogens with zero attached hydrogens (tertiary/aromatic N) is 3. The summed E-state index contributed by atoms with van der Waals surface area (Å²) in [4.78, 5) is 8.51. The van der Waals surface area contributed by atoms with Crippen molar-refractivity contribution in [1.29, 1.82) is 0 Å². The maximum absolute atomic E-state index is 5.43. The average molecular weight is 203 g/mol. The molecule has 0 atom stereocenters. The third-order valence-corrected chi connectivity index (χ3v) is 2.06. The van der Waals surface area contributed by atoms with Gasteiger partial charge in [-0.15, -0.1) is 0 Å². The molecule has 3 N–H and O–H groups in total. The molecular formula is C10H13N5. The maximum atomic E-state index is 5.43. The van der Waals surface area contributed by atoms with Gasteiger partial charge in [0.05, 0.1) is 0 Å². The lowest BCUT2D eigenvalue weighted by molar-refractivity contribution is 0.874. The zero-order chi connectivity index (χ0) is 10.7. The number of nitrogens with one attached hydrogen (secondary N) is 1. The molecule has 0 fully saturated rings. The summed E-state index contributed by atoms with van der Waals surface area (Å²) in [7, 11) is 0. The Balaban J connectivity index is 2.29. The molecule has 0 aliphatic carbocycles. The number of hydrogen-bond acceptors (Lipinski definition) is 4. The second kappa shape index (κ2) is 4.18. The Morgan fingerprint density at radius 2 is 2.33 bits per heavy atom. The van der Waals surface area contributed by atoms with Gasteiger partial charge in [-0.25, -0.2) is 4.98 Å². The highest BCUT2D eigenvalue weighted by atomic mass is 15.2. The summed E-state index contributed by atoms with van der Waals surface area (Å²) < 4.78 is 0. The first-order valence-corrected chi connectivity index (χ1v) is 4.84. The Morgan fingerprint density at radius 1 is 1.47 bits per heavy atom. The summed E-state index contributed by atoms with van der Waals surface area (Å²) in [6, 6.07) is 3.90. The van der Waals surface area contributed by atoms with Crippen molar-refractivity contribution in [2.45, 2.75) is 13.3 Å². The lowest BCUT2D eigenvalue weighted by atomic mass is 10.2. The smallest absolute Gasteiger partial charge is 0.199 e. The molecule has 2 rings (SSSR count). The van der Waals surface area contributed by atoms with E-state index in [2.05, 4.69) is 20.2 Å². The standard InChI is InChI=1S/C10H13N5/c1-7-3-5-12-8(6-7)10-13-9(2-4-11)14-15-10/h3,5-6H,2,4,11H2,1H3,(H,13,14,15). The summed E-state index contributed by atoms with van der Waals surface area (Å²) >= 11 is 0. The van der Waals surface area contributed by atoms with E-state index in [1.165, 1.54) is 0 Å². The molecule has 5 heteroatoms. The lowest BCUT2D eigenvalue weighted by Gasteiger charge is -1.94. The van der Waals surface area contributed by atoms with Gasteiger partial charge in [0.15, 0.2) is 5.82 Å². The number of H-pyrrole nitrogens is 1. The highest BCUT2D eigenvalue weighted by Crippen LogP contribution is 2.12. The van der Waals surface area contributed by atoms with Crippen LogP contribution in [0, 0.1) is 6.92 Å². The molecule has 0 aliphatic rings. The number of hydrogen-bond donors (Lipinski definition) is 2. The molecule has 0 aromatic carbocycles. The van der Waals surface area contributed by atoms with Gasteiger partial charge < -0.3 is 5.73 Å². The van der Waals surface area contributed by atoms with Gasteiger partial charge in [-0.1, -0.05) is 0 Å². The molecule has 0 unspecified atom stereocenters. The van der Waals surface area contributed by atoms with Gasteiger partial charge in [-0.05, 0) is 31.2 Å². The fourth-order valence-electron chi connectivity index (χ4n) is 1.32. The van der Waals surface area contributed by atoms with Crippen LogP contribution in [-0.4, -0.2) is 26.7 Å². The summed E-state index contributed by atoms with van der Waals surface area (Å²) in [5, 5.41) is 6.94. The minimum absolute atomic E-state index is 0.565.